The van der Waals surface area contributed by atoms with Crippen LogP contribution >= 0.6 is 11.8 Å². The number of carboxylic acids is 1. The number of nitrogens with one attached hydrogen (secondary N) is 1. The molecule has 110 valence electrons. The molecule has 2 N–H and O–H groups in total. The third-order valence-electron chi connectivity index (χ3n) is 2.50. The lowest BCUT2D eigenvalue weighted by molar-refractivity contribution is -0.120. The van der Waals surface area contributed by atoms with Crippen molar-refractivity contribution in [2.24, 2.45) is 0 Å². The lowest BCUT2D eigenvalue weighted by atomic mass is 10.1. The predicted octanol–water partition coefficient (Wildman–Crippen LogP) is 2.58. The topological polar surface area (TPSA) is 66.4 Å². The highest BCUT2D eigenvalue weighted by molar-refractivity contribution is 8.00. The SMILES string of the molecule is CC(C)(C)SCCNC(=O)Cc1cccc(C(=O)O)c1. The molecule has 1 rings (SSSR count). The summed E-state index contributed by atoms with van der Waals surface area (Å²) in [5.74, 6) is -0.194. The molecule has 0 unspecified atom stereocenters. The van der Waals surface area contributed by atoms with E-state index in [1.807, 2.05) is 0 Å². The fourth-order valence-electron chi connectivity index (χ4n) is 1.61. The number of thioether (sulfide) groups is 1. The minimum atomic E-state index is -0.978. The highest BCUT2D eigenvalue weighted by Gasteiger charge is 2.10. The van der Waals surface area contributed by atoms with Crippen molar-refractivity contribution in [2.75, 3.05) is 12.3 Å². The molecule has 1 aromatic carbocycles. The van der Waals surface area contributed by atoms with Gasteiger partial charge >= 0.3 is 5.97 Å². The molecule has 0 aromatic heterocycles. The maximum atomic E-state index is 11.8. The van der Waals surface area contributed by atoms with Gasteiger partial charge in [-0.2, -0.15) is 11.8 Å². The normalized spacial score (nSPS) is 11.2. The van der Waals surface area contributed by atoms with Crippen molar-refractivity contribution in [3.63, 3.8) is 0 Å². The van der Waals surface area contributed by atoms with E-state index in [4.69, 9.17) is 5.11 Å². The lowest BCUT2D eigenvalue weighted by Gasteiger charge is -2.17. The summed E-state index contributed by atoms with van der Waals surface area (Å²) in [4.78, 5) is 22.6. The van der Waals surface area contributed by atoms with Crippen LogP contribution < -0.4 is 5.32 Å². The van der Waals surface area contributed by atoms with Crippen molar-refractivity contribution < 1.29 is 14.7 Å². The zero-order valence-electron chi connectivity index (χ0n) is 12.1. The number of carbonyl (C=O) groups excluding carboxylic acids is 1. The van der Waals surface area contributed by atoms with Gasteiger partial charge < -0.3 is 10.4 Å². The van der Waals surface area contributed by atoms with Crippen molar-refractivity contribution in [1.29, 1.82) is 0 Å². The van der Waals surface area contributed by atoms with Crippen molar-refractivity contribution in [3.05, 3.63) is 35.4 Å². The molecule has 0 aliphatic carbocycles. The van der Waals surface area contributed by atoms with E-state index in [9.17, 15) is 9.59 Å². The van der Waals surface area contributed by atoms with Gasteiger partial charge in [0.25, 0.3) is 0 Å². The van der Waals surface area contributed by atoms with E-state index in [1.54, 1.807) is 23.9 Å². The van der Waals surface area contributed by atoms with E-state index in [2.05, 4.69) is 26.1 Å². The Bertz CT molecular complexity index is 480. The molecule has 0 radical (unpaired) electrons. The summed E-state index contributed by atoms with van der Waals surface area (Å²) >= 11 is 1.80. The predicted molar refractivity (Wildman–Crippen MR) is 82.3 cm³/mol. The molecule has 0 bridgehead atoms. The Morgan fingerprint density at radius 3 is 2.60 bits per heavy atom. The molecule has 0 atom stereocenters. The lowest BCUT2D eigenvalue weighted by Crippen LogP contribution is -2.28. The second-order valence-electron chi connectivity index (χ2n) is 5.49. The average molecular weight is 295 g/mol. The van der Waals surface area contributed by atoms with E-state index in [1.165, 1.54) is 12.1 Å². The third-order valence-corrected chi connectivity index (χ3v) is 3.77. The second-order valence-corrected chi connectivity index (χ2v) is 7.41. The van der Waals surface area contributed by atoms with Gasteiger partial charge in [-0.15, -0.1) is 0 Å². The van der Waals surface area contributed by atoms with E-state index in [-0.39, 0.29) is 22.6 Å². The molecule has 0 aliphatic heterocycles. The first-order valence-corrected chi connectivity index (χ1v) is 7.49. The van der Waals surface area contributed by atoms with Gasteiger partial charge in [0.1, 0.15) is 0 Å². The molecule has 1 aromatic rings. The van der Waals surface area contributed by atoms with Crippen LogP contribution in [0.1, 0.15) is 36.7 Å². The monoisotopic (exact) mass is 295 g/mol. The number of carboxylic acid groups (broad SMARTS) is 1. The minimum Gasteiger partial charge on any atom is -0.478 e. The zero-order chi connectivity index (χ0) is 15.2. The van der Waals surface area contributed by atoms with Crippen LogP contribution in [-0.2, 0) is 11.2 Å². The maximum Gasteiger partial charge on any atom is 0.335 e. The largest absolute Gasteiger partial charge is 0.478 e. The minimum absolute atomic E-state index is 0.0814. The third kappa shape index (κ3) is 6.61. The van der Waals surface area contributed by atoms with Gasteiger partial charge in [-0.25, -0.2) is 4.79 Å². The number of amides is 1. The smallest absolute Gasteiger partial charge is 0.335 e. The van der Waals surface area contributed by atoms with Gasteiger partial charge in [-0.05, 0) is 17.7 Å². The quantitative estimate of drug-likeness (QED) is 0.792. The standard InChI is InChI=1S/C15H21NO3S/c1-15(2,3)20-8-7-16-13(17)10-11-5-4-6-12(9-11)14(18)19/h4-6,9H,7-8,10H2,1-3H3,(H,16,17)(H,18,19). The van der Waals surface area contributed by atoms with Crippen LogP contribution in [0.5, 0.6) is 0 Å². The van der Waals surface area contributed by atoms with Crippen LogP contribution in [0.25, 0.3) is 0 Å². The molecule has 20 heavy (non-hydrogen) atoms. The number of rotatable bonds is 6. The summed E-state index contributed by atoms with van der Waals surface area (Å²) in [5.41, 5.74) is 0.921. The van der Waals surface area contributed by atoms with Crippen LogP contribution in [0.15, 0.2) is 24.3 Å². The molecule has 0 fully saturated rings. The van der Waals surface area contributed by atoms with Crippen molar-refractivity contribution in [1.82, 2.24) is 5.32 Å². The summed E-state index contributed by atoms with van der Waals surface area (Å²) in [6, 6.07) is 6.47. The highest BCUT2D eigenvalue weighted by atomic mass is 32.2. The first kappa shape index (κ1) is 16.6. The van der Waals surface area contributed by atoms with Crippen LogP contribution in [0.4, 0.5) is 0 Å². The summed E-state index contributed by atoms with van der Waals surface area (Å²) in [6.07, 6.45) is 0.210. The second kappa shape index (κ2) is 7.33. The number of hydrogen-bond acceptors (Lipinski definition) is 3. The Hall–Kier alpha value is -1.49. The summed E-state index contributed by atoms with van der Waals surface area (Å²) < 4.78 is 0.195. The number of carbonyl (C=O) groups is 2. The van der Waals surface area contributed by atoms with Crippen molar-refractivity contribution >= 4 is 23.6 Å². The number of aromatic carboxylic acids is 1. The molecule has 1 amide bonds. The molecule has 0 heterocycles. The van der Waals surface area contributed by atoms with Gasteiger partial charge in [-0.1, -0.05) is 32.9 Å². The molecular weight excluding hydrogens is 274 g/mol. The van der Waals surface area contributed by atoms with E-state index in [0.717, 1.165) is 5.75 Å². The van der Waals surface area contributed by atoms with Gasteiger partial charge in [-0.3, -0.25) is 4.79 Å². The van der Waals surface area contributed by atoms with Gasteiger partial charge in [0.2, 0.25) is 5.91 Å². The Kier molecular flexibility index (Phi) is 6.07. The molecule has 0 saturated carbocycles. The molecule has 5 heteroatoms. The molecule has 0 saturated heterocycles. The average Bonchev–Trinajstić information content (AvgIpc) is 2.34. The van der Waals surface area contributed by atoms with Crippen LogP contribution in [0.2, 0.25) is 0 Å². The van der Waals surface area contributed by atoms with Crippen molar-refractivity contribution in [2.45, 2.75) is 31.9 Å². The fourth-order valence-corrected chi connectivity index (χ4v) is 2.43. The molecule has 4 nitrogen and oxygen atoms in total. The highest BCUT2D eigenvalue weighted by Crippen LogP contribution is 2.21. The Morgan fingerprint density at radius 1 is 1.30 bits per heavy atom. The summed E-state index contributed by atoms with van der Waals surface area (Å²) in [6.45, 7) is 7.03. The van der Waals surface area contributed by atoms with Crippen LogP contribution in [0, 0.1) is 0 Å². The Balaban J connectivity index is 2.39. The first-order valence-electron chi connectivity index (χ1n) is 6.51. The van der Waals surface area contributed by atoms with Crippen LogP contribution in [0.3, 0.4) is 0 Å². The molecular formula is C15H21NO3S. The van der Waals surface area contributed by atoms with Gasteiger partial charge in [0, 0.05) is 17.0 Å². The molecule has 0 spiro atoms. The van der Waals surface area contributed by atoms with Gasteiger partial charge in [0.15, 0.2) is 0 Å². The van der Waals surface area contributed by atoms with E-state index >= 15 is 0 Å². The molecule has 0 aliphatic rings. The maximum absolute atomic E-state index is 11.8. The fraction of sp³-hybridized carbons (Fsp3) is 0.467. The Morgan fingerprint density at radius 2 is 2.00 bits per heavy atom. The number of benzene rings is 1. The van der Waals surface area contributed by atoms with E-state index in [0.29, 0.717) is 12.1 Å². The van der Waals surface area contributed by atoms with Gasteiger partial charge in [0.05, 0.1) is 12.0 Å². The number of hydrogen-bond donors (Lipinski definition) is 2. The first-order chi connectivity index (χ1) is 9.28. The summed E-state index contributed by atoms with van der Waals surface area (Å²) in [7, 11) is 0. The van der Waals surface area contributed by atoms with Crippen LogP contribution in [-0.4, -0.2) is 34.0 Å². The zero-order valence-corrected chi connectivity index (χ0v) is 12.9. The summed E-state index contributed by atoms with van der Waals surface area (Å²) in [5, 5.41) is 11.7. The van der Waals surface area contributed by atoms with E-state index < -0.39 is 5.97 Å². The Labute approximate surface area is 124 Å². The van der Waals surface area contributed by atoms with Crippen molar-refractivity contribution in [3.8, 4) is 0 Å².